The number of nitrogens with zero attached hydrogens (tertiary/aromatic N) is 1. The van der Waals surface area contributed by atoms with Crippen LogP contribution in [-0.4, -0.2) is 46.1 Å². The Labute approximate surface area is 125 Å². The van der Waals surface area contributed by atoms with Crippen LogP contribution in [0, 0.1) is 6.92 Å². The molecule has 1 aliphatic heterocycles. The molecule has 7 heteroatoms. The van der Waals surface area contributed by atoms with E-state index in [4.69, 9.17) is 4.74 Å². The molecule has 2 rings (SSSR count). The lowest BCUT2D eigenvalue weighted by Gasteiger charge is -2.29. The molecule has 1 aromatic heterocycles. The smallest absolute Gasteiger partial charge is 0.252 e. The minimum absolute atomic E-state index is 0.0453. The van der Waals surface area contributed by atoms with E-state index in [-0.39, 0.29) is 6.04 Å². The third-order valence-corrected chi connectivity index (χ3v) is 7.27. The summed E-state index contributed by atoms with van der Waals surface area (Å²) in [4.78, 5) is 1.08. The summed E-state index contributed by atoms with van der Waals surface area (Å²) < 4.78 is 32.6. The second-order valence-corrected chi connectivity index (χ2v) is 8.43. The van der Waals surface area contributed by atoms with Gasteiger partial charge in [0, 0.05) is 37.7 Å². The lowest BCUT2D eigenvalue weighted by atomic mass is 10.1. The molecule has 0 spiro atoms. The molecule has 1 saturated heterocycles. The van der Waals surface area contributed by atoms with Gasteiger partial charge in [-0.3, -0.25) is 0 Å². The molecule has 1 N–H and O–H groups in total. The van der Waals surface area contributed by atoms with Crippen molar-refractivity contribution in [1.82, 2.24) is 9.62 Å². The molecule has 0 radical (unpaired) electrons. The van der Waals surface area contributed by atoms with E-state index in [9.17, 15) is 8.42 Å². The molecule has 2 heterocycles. The fourth-order valence-electron chi connectivity index (χ4n) is 2.34. The van der Waals surface area contributed by atoms with Gasteiger partial charge in [-0.15, -0.1) is 11.3 Å². The number of nitrogens with one attached hydrogen (secondary N) is 1. The van der Waals surface area contributed by atoms with Crippen LogP contribution < -0.4 is 5.32 Å². The van der Waals surface area contributed by atoms with Crippen molar-refractivity contribution in [3.63, 3.8) is 0 Å². The molecule has 0 aromatic carbocycles. The van der Waals surface area contributed by atoms with Crippen LogP contribution in [0.1, 0.15) is 23.3 Å². The summed E-state index contributed by atoms with van der Waals surface area (Å²) in [5.41, 5.74) is 1.03. The molecule has 1 aromatic rings. The van der Waals surface area contributed by atoms with Gasteiger partial charge in [0.1, 0.15) is 4.21 Å². The Morgan fingerprint density at radius 1 is 1.45 bits per heavy atom. The van der Waals surface area contributed by atoms with E-state index in [0.717, 1.165) is 23.3 Å². The fourth-order valence-corrected chi connectivity index (χ4v) is 5.54. The van der Waals surface area contributed by atoms with Crippen molar-refractivity contribution in [3.8, 4) is 0 Å². The maximum absolute atomic E-state index is 12.7. The highest BCUT2D eigenvalue weighted by molar-refractivity contribution is 7.91. The summed E-state index contributed by atoms with van der Waals surface area (Å²) in [5.74, 6) is 0. The van der Waals surface area contributed by atoms with Gasteiger partial charge in [0.15, 0.2) is 0 Å². The minimum atomic E-state index is -3.39. The van der Waals surface area contributed by atoms with E-state index < -0.39 is 10.0 Å². The topological polar surface area (TPSA) is 58.6 Å². The SMILES string of the molecule is CNCc1sc(S(=O)(=O)N(C)C2CCOCC2)cc1C. The molecule has 0 amide bonds. The lowest BCUT2D eigenvalue weighted by molar-refractivity contribution is 0.0632. The molecule has 0 atom stereocenters. The van der Waals surface area contributed by atoms with E-state index >= 15 is 0 Å². The minimum Gasteiger partial charge on any atom is -0.381 e. The molecular formula is C13H22N2O3S2. The van der Waals surface area contributed by atoms with Crippen molar-refractivity contribution in [2.45, 2.75) is 36.6 Å². The number of aryl methyl sites for hydroxylation is 1. The maximum Gasteiger partial charge on any atom is 0.252 e. The second kappa shape index (κ2) is 6.53. The first kappa shape index (κ1) is 15.9. The first-order chi connectivity index (χ1) is 9.46. The Kier molecular flexibility index (Phi) is 5.19. The van der Waals surface area contributed by atoms with Gasteiger partial charge in [-0.2, -0.15) is 4.31 Å². The number of sulfonamides is 1. The van der Waals surface area contributed by atoms with Crippen molar-refractivity contribution in [1.29, 1.82) is 0 Å². The summed E-state index contributed by atoms with van der Waals surface area (Å²) in [6.45, 7) is 3.93. The van der Waals surface area contributed by atoms with Crippen LogP contribution in [0.4, 0.5) is 0 Å². The summed E-state index contributed by atoms with van der Waals surface area (Å²) in [7, 11) is 0.151. The largest absolute Gasteiger partial charge is 0.381 e. The van der Waals surface area contributed by atoms with Gasteiger partial charge < -0.3 is 10.1 Å². The molecule has 1 aliphatic rings. The average Bonchev–Trinajstić information content (AvgIpc) is 2.81. The summed E-state index contributed by atoms with van der Waals surface area (Å²) >= 11 is 1.36. The van der Waals surface area contributed by atoms with Gasteiger partial charge in [0.2, 0.25) is 0 Å². The standard InChI is InChI=1S/C13H22N2O3S2/c1-10-8-13(19-12(10)9-14-2)20(16,17)15(3)11-4-6-18-7-5-11/h8,11,14H,4-7,9H2,1-3H3. The molecule has 0 unspecified atom stereocenters. The number of ether oxygens (including phenoxy) is 1. The van der Waals surface area contributed by atoms with Crippen LogP contribution in [0.2, 0.25) is 0 Å². The Hall–Kier alpha value is -0.470. The molecule has 0 aliphatic carbocycles. The van der Waals surface area contributed by atoms with Gasteiger partial charge >= 0.3 is 0 Å². The molecule has 0 saturated carbocycles. The number of thiophene rings is 1. The van der Waals surface area contributed by atoms with Gasteiger partial charge in [-0.05, 0) is 38.4 Å². The molecule has 20 heavy (non-hydrogen) atoms. The Balaban J connectivity index is 2.22. The zero-order valence-corrected chi connectivity index (χ0v) is 13.8. The van der Waals surface area contributed by atoms with Crippen molar-refractivity contribution < 1.29 is 13.2 Å². The summed E-state index contributed by atoms with van der Waals surface area (Å²) in [5, 5.41) is 3.07. The van der Waals surface area contributed by atoms with Crippen LogP contribution in [0.5, 0.6) is 0 Å². The molecule has 1 fully saturated rings. The van der Waals surface area contributed by atoms with Crippen LogP contribution in [-0.2, 0) is 21.3 Å². The normalized spacial score (nSPS) is 17.8. The zero-order chi connectivity index (χ0) is 14.8. The average molecular weight is 318 g/mol. The first-order valence-corrected chi connectivity index (χ1v) is 9.02. The zero-order valence-electron chi connectivity index (χ0n) is 12.2. The van der Waals surface area contributed by atoms with Gasteiger partial charge in [0.25, 0.3) is 10.0 Å². The predicted molar refractivity (Wildman–Crippen MR) is 80.6 cm³/mol. The molecule has 5 nitrogen and oxygen atoms in total. The lowest BCUT2D eigenvalue weighted by Crippen LogP contribution is -2.40. The first-order valence-electron chi connectivity index (χ1n) is 6.76. The maximum atomic E-state index is 12.7. The summed E-state index contributed by atoms with van der Waals surface area (Å²) in [6.07, 6.45) is 1.53. The van der Waals surface area contributed by atoms with E-state index in [0.29, 0.717) is 24.0 Å². The Morgan fingerprint density at radius 2 is 2.10 bits per heavy atom. The van der Waals surface area contributed by atoms with E-state index in [2.05, 4.69) is 5.32 Å². The third kappa shape index (κ3) is 3.23. The third-order valence-electron chi connectivity index (χ3n) is 3.67. The number of hydrogen-bond donors (Lipinski definition) is 1. The fraction of sp³-hybridized carbons (Fsp3) is 0.692. The quantitative estimate of drug-likeness (QED) is 0.895. The number of hydrogen-bond acceptors (Lipinski definition) is 5. The van der Waals surface area contributed by atoms with Crippen LogP contribution in [0.3, 0.4) is 0 Å². The highest BCUT2D eigenvalue weighted by Gasteiger charge is 2.30. The predicted octanol–water partition coefficient (Wildman–Crippen LogP) is 1.58. The highest BCUT2D eigenvalue weighted by Crippen LogP contribution is 2.30. The van der Waals surface area contributed by atoms with Gasteiger partial charge in [-0.25, -0.2) is 8.42 Å². The van der Waals surface area contributed by atoms with E-state index in [1.165, 1.54) is 15.6 Å². The molecule has 0 bridgehead atoms. The number of rotatable bonds is 5. The van der Waals surface area contributed by atoms with Crippen molar-refractivity contribution in [2.75, 3.05) is 27.3 Å². The van der Waals surface area contributed by atoms with E-state index in [1.807, 2.05) is 14.0 Å². The van der Waals surface area contributed by atoms with Crippen LogP contribution >= 0.6 is 11.3 Å². The van der Waals surface area contributed by atoms with E-state index in [1.54, 1.807) is 13.1 Å². The Morgan fingerprint density at radius 3 is 2.70 bits per heavy atom. The highest BCUT2D eigenvalue weighted by atomic mass is 32.2. The summed E-state index contributed by atoms with van der Waals surface area (Å²) in [6, 6.07) is 1.83. The molecule has 114 valence electrons. The van der Waals surface area contributed by atoms with Crippen LogP contribution in [0.15, 0.2) is 10.3 Å². The van der Waals surface area contributed by atoms with Crippen molar-refractivity contribution >= 4 is 21.4 Å². The van der Waals surface area contributed by atoms with Crippen LogP contribution in [0.25, 0.3) is 0 Å². The second-order valence-electron chi connectivity index (χ2n) is 5.07. The van der Waals surface area contributed by atoms with Crippen molar-refractivity contribution in [2.24, 2.45) is 0 Å². The Bertz CT molecular complexity index is 548. The van der Waals surface area contributed by atoms with Gasteiger partial charge in [0.05, 0.1) is 0 Å². The van der Waals surface area contributed by atoms with Gasteiger partial charge in [-0.1, -0.05) is 0 Å². The van der Waals surface area contributed by atoms with Crippen molar-refractivity contribution in [3.05, 3.63) is 16.5 Å². The molecular weight excluding hydrogens is 296 g/mol. The monoisotopic (exact) mass is 318 g/mol.